The molecule has 0 saturated carbocycles. The molecule has 0 aromatic heterocycles. The lowest BCUT2D eigenvalue weighted by Crippen LogP contribution is -2.45. The number of hydrogen-bond acceptors (Lipinski definition) is 0. The third-order valence-corrected chi connectivity index (χ3v) is 6.71. The normalized spacial score (nSPS) is 15.4. The lowest BCUT2D eigenvalue weighted by molar-refractivity contribution is 0.209. The molecular weight excluding hydrogens is 336 g/mol. The minimum atomic E-state index is 0.0883. The molecule has 0 heterocycles. The average Bonchev–Trinajstić information content (AvgIpc) is 2.75. The zero-order chi connectivity index (χ0) is 20.3. The van der Waals surface area contributed by atoms with Crippen molar-refractivity contribution in [3.63, 3.8) is 0 Å². The van der Waals surface area contributed by atoms with E-state index in [1.54, 1.807) is 0 Å². The van der Waals surface area contributed by atoms with Crippen LogP contribution in [0.1, 0.15) is 76.3 Å². The molecule has 0 N–H and O–H groups in total. The Hall–Kier alpha value is -2.08. The van der Waals surface area contributed by atoms with Gasteiger partial charge in [-0.2, -0.15) is 0 Å². The van der Waals surface area contributed by atoms with Gasteiger partial charge in [0.1, 0.15) is 0 Å². The van der Waals surface area contributed by atoms with Gasteiger partial charge in [-0.1, -0.05) is 99.5 Å². The predicted octanol–water partition coefficient (Wildman–Crippen LogP) is 8.40. The Labute approximate surface area is 173 Å². The molecule has 2 aromatic rings. The Kier molecular flexibility index (Phi) is 8.77. The highest BCUT2D eigenvalue weighted by molar-refractivity contribution is 5.37. The Morgan fingerprint density at radius 3 is 1.29 bits per heavy atom. The Morgan fingerprint density at radius 2 is 0.964 bits per heavy atom. The first kappa shape index (κ1) is 22.2. The fraction of sp³-hybridized carbons (Fsp3) is 0.429. The summed E-state index contributed by atoms with van der Waals surface area (Å²) in [5.41, 5.74) is 3.10. The SMILES string of the molecule is C=CCCCC[C@@](C)(c1ccccc1)[C@](C)(CCCCC=C)c1ccccc1. The van der Waals surface area contributed by atoms with Crippen LogP contribution in [-0.4, -0.2) is 0 Å². The van der Waals surface area contributed by atoms with E-state index in [1.807, 2.05) is 12.2 Å². The van der Waals surface area contributed by atoms with E-state index in [1.165, 1.54) is 49.7 Å². The third kappa shape index (κ3) is 5.25. The van der Waals surface area contributed by atoms with Crippen LogP contribution in [0.15, 0.2) is 86.0 Å². The summed E-state index contributed by atoms with van der Waals surface area (Å²) in [6.45, 7) is 12.8. The van der Waals surface area contributed by atoms with E-state index >= 15 is 0 Å². The molecule has 150 valence electrons. The molecule has 0 nitrogen and oxygen atoms in total. The molecule has 0 radical (unpaired) electrons. The van der Waals surface area contributed by atoms with Gasteiger partial charge >= 0.3 is 0 Å². The molecule has 0 aliphatic carbocycles. The molecule has 2 aromatic carbocycles. The second-order valence-electron chi connectivity index (χ2n) is 8.47. The lowest BCUT2D eigenvalue weighted by Gasteiger charge is -2.48. The van der Waals surface area contributed by atoms with Gasteiger partial charge in [-0.15, -0.1) is 13.2 Å². The average molecular weight is 375 g/mol. The summed E-state index contributed by atoms with van der Waals surface area (Å²) in [6.07, 6.45) is 13.6. The van der Waals surface area contributed by atoms with Gasteiger partial charge in [0, 0.05) is 10.8 Å². The van der Waals surface area contributed by atoms with Gasteiger partial charge in [-0.3, -0.25) is 0 Å². The zero-order valence-corrected chi connectivity index (χ0v) is 18.0. The van der Waals surface area contributed by atoms with Gasteiger partial charge in [0.2, 0.25) is 0 Å². The van der Waals surface area contributed by atoms with Crippen molar-refractivity contribution >= 4 is 0 Å². The van der Waals surface area contributed by atoms with Crippen molar-refractivity contribution in [1.82, 2.24) is 0 Å². The van der Waals surface area contributed by atoms with E-state index in [2.05, 4.69) is 87.7 Å². The fourth-order valence-corrected chi connectivity index (χ4v) is 4.62. The number of unbranched alkanes of at least 4 members (excludes halogenated alkanes) is 4. The highest BCUT2D eigenvalue weighted by Crippen LogP contribution is 2.50. The maximum absolute atomic E-state index is 3.90. The van der Waals surface area contributed by atoms with Crippen molar-refractivity contribution in [2.45, 2.75) is 76.0 Å². The molecule has 0 aliphatic rings. The van der Waals surface area contributed by atoms with E-state index in [9.17, 15) is 0 Å². The van der Waals surface area contributed by atoms with Crippen molar-refractivity contribution in [1.29, 1.82) is 0 Å². The van der Waals surface area contributed by atoms with Crippen LogP contribution in [0.4, 0.5) is 0 Å². The number of allylic oxidation sites excluding steroid dienone is 2. The van der Waals surface area contributed by atoms with Crippen molar-refractivity contribution in [3.05, 3.63) is 97.1 Å². The topological polar surface area (TPSA) is 0 Å². The van der Waals surface area contributed by atoms with E-state index < -0.39 is 0 Å². The first-order valence-corrected chi connectivity index (χ1v) is 10.9. The quantitative estimate of drug-likeness (QED) is 0.244. The first-order chi connectivity index (χ1) is 13.6. The molecule has 0 aliphatic heterocycles. The molecule has 0 bridgehead atoms. The second-order valence-corrected chi connectivity index (χ2v) is 8.47. The van der Waals surface area contributed by atoms with Crippen molar-refractivity contribution in [3.8, 4) is 0 Å². The summed E-state index contributed by atoms with van der Waals surface area (Å²) in [6, 6.07) is 22.4. The summed E-state index contributed by atoms with van der Waals surface area (Å²) in [4.78, 5) is 0. The monoisotopic (exact) mass is 374 g/mol. The molecule has 0 fully saturated rings. The minimum Gasteiger partial charge on any atom is -0.103 e. The van der Waals surface area contributed by atoms with Crippen LogP contribution >= 0.6 is 0 Å². The first-order valence-electron chi connectivity index (χ1n) is 10.9. The molecule has 0 spiro atoms. The van der Waals surface area contributed by atoms with E-state index in [0.717, 1.165) is 12.8 Å². The maximum Gasteiger partial charge on any atom is 0.00189 e. The number of benzene rings is 2. The van der Waals surface area contributed by atoms with Crippen molar-refractivity contribution in [2.75, 3.05) is 0 Å². The molecule has 0 unspecified atom stereocenters. The molecule has 2 rings (SSSR count). The standard InChI is InChI=1S/C28H38/c1-5-7-9-17-23-27(3,25-19-13-11-14-20-25)28(4,24-18-10-8-6-2)26-21-15-12-16-22-26/h5-6,11-16,19-22H,1-2,7-10,17-18,23-24H2,3-4H3/t27-,28+. The van der Waals surface area contributed by atoms with Gasteiger partial charge < -0.3 is 0 Å². The van der Waals surface area contributed by atoms with Crippen LogP contribution in [0.5, 0.6) is 0 Å². The summed E-state index contributed by atoms with van der Waals surface area (Å²) in [7, 11) is 0. The van der Waals surface area contributed by atoms with Crippen LogP contribution < -0.4 is 0 Å². The van der Waals surface area contributed by atoms with Gasteiger partial charge in [-0.25, -0.2) is 0 Å². The Morgan fingerprint density at radius 1 is 0.607 bits per heavy atom. The van der Waals surface area contributed by atoms with Gasteiger partial charge in [-0.05, 0) is 49.7 Å². The summed E-state index contributed by atoms with van der Waals surface area (Å²) >= 11 is 0. The smallest absolute Gasteiger partial charge is 0.00189 e. The number of hydrogen-bond donors (Lipinski definition) is 0. The highest BCUT2D eigenvalue weighted by atomic mass is 14.5. The van der Waals surface area contributed by atoms with Crippen molar-refractivity contribution in [2.24, 2.45) is 0 Å². The lowest BCUT2D eigenvalue weighted by atomic mass is 9.55. The fourth-order valence-electron chi connectivity index (χ4n) is 4.62. The van der Waals surface area contributed by atoms with Crippen LogP contribution in [0.2, 0.25) is 0 Å². The van der Waals surface area contributed by atoms with E-state index in [4.69, 9.17) is 0 Å². The summed E-state index contributed by atoms with van der Waals surface area (Å²) in [5, 5.41) is 0. The molecule has 28 heavy (non-hydrogen) atoms. The largest absolute Gasteiger partial charge is 0.103 e. The molecular formula is C28H38. The molecule has 0 saturated heterocycles. The van der Waals surface area contributed by atoms with Crippen LogP contribution in [0.25, 0.3) is 0 Å². The van der Waals surface area contributed by atoms with Crippen LogP contribution in [0, 0.1) is 0 Å². The van der Waals surface area contributed by atoms with Crippen LogP contribution in [0.3, 0.4) is 0 Å². The Balaban J connectivity index is 2.44. The van der Waals surface area contributed by atoms with Gasteiger partial charge in [0.25, 0.3) is 0 Å². The molecule has 0 heteroatoms. The summed E-state index contributed by atoms with van der Waals surface area (Å²) in [5.74, 6) is 0. The molecule has 0 amide bonds. The molecule has 2 atom stereocenters. The van der Waals surface area contributed by atoms with Crippen LogP contribution in [-0.2, 0) is 10.8 Å². The Bertz CT molecular complexity index is 636. The zero-order valence-electron chi connectivity index (χ0n) is 18.0. The highest BCUT2D eigenvalue weighted by Gasteiger charge is 2.45. The summed E-state index contributed by atoms with van der Waals surface area (Å²) < 4.78 is 0. The minimum absolute atomic E-state index is 0.0883. The van der Waals surface area contributed by atoms with Gasteiger partial charge in [0.15, 0.2) is 0 Å². The maximum atomic E-state index is 3.90. The number of rotatable bonds is 13. The third-order valence-electron chi connectivity index (χ3n) is 6.71. The van der Waals surface area contributed by atoms with Crippen molar-refractivity contribution < 1.29 is 0 Å². The van der Waals surface area contributed by atoms with Gasteiger partial charge in [0.05, 0.1) is 0 Å². The van der Waals surface area contributed by atoms with E-state index in [-0.39, 0.29) is 10.8 Å². The van der Waals surface area contributed by atoms with E-state index in [0.29, 0.717) is 0 Å². The predicted molar refractivity (Wildman–Crippen MR) is 125 cm³/mol. The second kappa shape index (κ2) is 11.1.